The monoisotopic (exact) mass is 277 g/mol. The van der Waals surface area contributed by atoms with Crippen LogP contribution < -0.4 is 11.1 Å². The van der Waals surface area contributed by atoms with Crippen LogP contribution >= 0.6 is 0 Å². The highest BCUT2D eigenvalue weighted by atomic mass is 15.1. The highest BCUT2D eigenvalue weighted by Crippen LogP contribution is 2.21. The van der Waals surface area contributed by atoms with Gasteiger partial charge in [-0.3, -0.25) is 0 Å². The molecule has 5 heteroatoms. The van der Waals surface area contributed by atoms with E-state index in [9.17, 15) is 0 Å². The van der Waals surface area contributed by atoms with E-state index in [1.54, 1.807) is 0 Å². The molecule has 0 atom stereocenters. The van der Waals surface area contributed by atoms with Crippen LogP contribution in [0.15, 0.2) is 6.07 Å². The van der Waals surface area contributed by atoms with Gasteiger partial charge in [-0.25, -0.2) is 9.97 Å². The van der Waals surface area contributed by atoms with E-state index >= 15 is 0 Å². The molecule has 0 aromatic carbocycles. The maximum Gasteiger partial charge on any atom is 0.138 e. The molecule has 1 saturated heterocycles. The molecule has 1 fully saturated rings. The molecule has 20 heavy (non-hydrogen) atoms. The largest absolute Gasteiger partial charge is 0.384 e. The third-order valence-electron chi connectivity index (χ3n) is 3.57. The molecule has 2 rings (SSSR count). The first-order valence-corrected chi connectivity index (χ1v) is 7.56. The van der Waals surface area contributed by atoms with E-state index in [0.29, 0.717) is 5.82 Å². The van der Waals surface area contributed by atoms with Gasteiger partial charge in [-0.1, -0.05) is 20.8 Å². The Morgan fingerprint density at radius 3 is 2.60 bits per heavy atom. The van der Waals surface area contributed by atoms with Crippen molar-refractivity contribution in [2.75, 3.05) is 37.2 Å². The van der Waals surface area contributed by atoms with Crippen molar-refractivity contribution in [3.8, 4) is 0 Å². The lowest BCUT2D eigenvalue weighted by Gasteiger charge is -2.18. The Hall–Kier alpha value is -1.36. The second kappa shape index (κ2) is 6.39. The maximum atomic E-state index is 5.86. The Balaban J connectivity index is 1.84. The summed E-state index contributed by atoms with van der Waals surface area (Å²) in [6.45, 7) is 10.9. The van der Waals surface area contributed by atoms with Gasteiger partial charge in [0.15, 0.2) is 0 Å². The number of hydrogen-bond acceptors (Lipinski definition) is 5. The highest BCUT2D eigenvalue weighted by Gasteiger charge is 2.18. The van der Waals surface area contributed by atoms with E-state index in [2.05, 4.69) is 41.0 Å². The summed E-state index contributed by atoms with van der Waals surface area (Å²) in [4.78, 5) is 11.4. The minimum absolute atomic E-state index is 0.0820. The van der Waals surface area contributed by atoms with Crippen LogP contribution in [-0.4, -0.2) is 41.0 Å². The standard InChI is InChI=1S/C15H27N5/c1-15(2,3)14-18-12(16)11-13(19-14)17-7-6-10-20-8-4-5-9-20/h11H,4-10H2,1-3H3,(H3,16,17,18,19). The van der Waals surface area contributed by atoms with Gasteiger partial charge in [0, 0.05) is 18.0 Å². The molecule has 0 spiro atoms. The van der Waals surface area contributed by atoms with E-state index in [-0.39, 0.29) is 5.41 Å². The zero-order valence-corrected chi connectivity index (χ0v) is 12.9. The summed E-state index contributed by atoms with van der Waals surface area (Å²) in [5.74, 6) is 2.16. The molecule has 5 nitrogen and oxygen atoms in total. The fraction of sp³-hybridized carbons (Fsp3) is 0.733. The molecular formula is C15H27N5. The third kappa shape index (κ3) is 4.34. The van der Waals surface area contributed by atoms with Gasteiger partial charge in [0.05, 0.1) is 0 Å². The Morgan fingerprint density at radius 1 is 1.25 bits per heavy atom. The summed E-state index contributed by atoms with van der Waals surface area (Å²) in [6.07, 6.45) is 3.84. The van der Waals surface area contributed by atoms with E-state index in [1.807, 2.05) is 6.07 Å². The van der Waals surface area contributed by atoms with Crippen molar-refractivity contribution >= 4 is 11.6 Å². The quantitative estimate of drug-likeness (QED) is 0.808. The molecule has 0 saturated carbocycles. The second-order valence-corrected chi connectivity index (χ2v) is 6.58. The maximum absolute atomic E-state index is 5.86. The van der Waals surface area contributed by atoms with Crippen molar-refractivity contribution in [3.63, 3.8) is 0 Å². The van der Waals surface area contributed by atoms with Crippen molar-refractivity contribution < 1.29 is 0 Å². The molecule has 2 heterocycles. The Kier molecular flexibility index (Phi) is 4.81. The van der Waals surface area contributed by atoms with Crippen LogP contribution in [-0.2, 0) is 5.41 Å². The molecule has 1 aliphatic heterocycles. The number of nitrogen functional groups attached to an aromatic ring is 1. The predicted octanol–water partition coefficient (Wildman–Crippen LogP) is 2.25. The molecule has 1 aromatic rings. The van der Waals surface area contributed by atoms with Crippen LogP contribution in [0.3, 0.4) is 0 Å². The van der Waals surface area contributed by atoms with Gasteiger partial charge in [0.25, 0.3) is 0 Å². The fourth-order valence-electron chi connectivity index (χ4n) is 2.42. The van der Waals surface area contributed by atoms with Crippen molar-refractivity contribution in [2.45, 2.75) is 45.4 Å². The average molecular weight is 277 g/mol. The van der Waals surface area contributed by atoms with Gasteiger partial charge >= 0.3 is 0 Å². The van der Waals surface area contributed by atoms with Crippen molar-refractivity contribution in [3.05, 3.63) is 11.9 Å². The second-order valence-electron chi connectivity index (χ2n) is 6.58. The smallest absolute Gasteiger partial charge is 0.138 e. The highest BCUT2D eigenvalue weighted by molar-refractivity contribution is 5.45. The molecular weight excluding hydrogens is 250 g/mol. The van der Waals surface area contributed by atoms with Gasteiger partial charge in [-0.15, -0.1) is 0 Å². The molecule has 1 aromatic heterocycles. The Labute approximate surface area is 122 Å². The van der Waals surface area contributed by atoms with Crippen LogP contribution in [0.5, 0.6) is 0 Å². The molecule has 0 aliphatic carbocycles. The molecule has 3 N–H and O–H groups in total. The van der Waals surface area contributed by atoms with Crippen LogP contribution in [0.2, 0.25) is 0 Å². The molecule has 0 bridgehead atoms. The van der Waals surface area contributed by atoms with Crippen LogP contribution in [0.4, 0.5) is 11.6 Å². The zero-order chi connectivity index (χ0) is 14.6. The summed E-state index contributed by atoms with van der Waals surface area (Å²) >= 11 is 0. The normalized spacial score (nSPS) is 16.6. The molecule has 0 radical (unpaired) electrons. The average Bonchev–Trinajstić information content (AvgIpc) is 2.86. The van der Waals surface area contributed by atoms with Crippen LogP contribution in [0.1, 0.15) is 45.9 Å². The van der Waals surface area contributed by atoms with E-state index in [1.165, 1.54) is 32.5 Å². The van der Waals surface area contributed by atoms with Crippen molar-refractivity contribution in [1.82, 2.24) is 14.9 Å². The number of aromatic nitrogens is 2. The van der Waals surface area contributed by atoms with Gasteiger partial charge < -0.3 is 16.0 Å². The Morgan fingerprint density at radius 2 is 1.95 bits per heavy atom. The summed E-state index contributed by atoms with van der Waals surface area (Å²) in [5, 5.41) is 3.36. The van der Waals surface area contributed by atoms with Gasteiger partial charge in [0.2, 0.25) is 0 Å². The number of nitrogens with zero attached hydrogens (tertiary/aromatic N) is 3. The Bertz CT molecular complexity index is 432. The number of nitrogens with one attached hydrogen (secondary N) is 1. The van der Waals surface area contributed by atoms with Gasteiger partial charge in [-0.2, -0.15) is 0 Å². The number of nitrogens with two attached hydrogens (primary N) is 1. The topological polar surface area (TPSA) is 67.1 Å². The first-order chi connectivity index (χ1) is 9.45. The van der Waals surface area contributed by atoms with Gasteiger partial charge in [-0.05, 0) is 38.9 Å². The summed E-state index contributed by atoms with van der Waals surface area (Å²) in [6, 6.07) is 1.81. The number of likely N-dealkylation sites (tertiary alicyclic amines) is 1. The molecule has 1 aliphatic rings. The molecule has 112 valence electrons. The lowest BCUT2D eigenvalue weighted by Crippen LogP contribution is -2.23. The van der Waals surface area contributed by atoms with Crippen LogP contribution in [0.25, 0.3) is 0 Å². The third-order valence-corrected chi connectivity index (χ3v) is 3.57. The molecule has 0 unspecified atom stereocenters. The molecule has 0 amide bonds. The van der Waals surface area contributed by atoms with Gasteiger partial charge in [0.1, 0.15) is 17.5 Å². The van der Waals surface area contributed by atoms with E-state index < -0.39 is 0 Å². The lowest BCUT2D eigenvalue weighted by molar-refractivity contribution is 0.337. The minimum atomic E-state index is -0.0820. The first kappa shape index (κ1) is 15.0. The van der Waals surface area contributed by atoms with E-state index in [0.717, 1.165) is 24.6 Å². The van der Waals surface area contributed by atoms with Crippen LogP contribution in [0, 0.1) is 0 Å². The predicted molar refractivity (Wildman–Crippen MR) is 83.9 cm³/mol. The van der Waals surface area contributed by atoms with Crippen molar-refractivity contribution in [2.24, 2.45) is 0 Å². The zero-order valence-electron chi connectivity index (χ0n) is 12.9. The first-order valence-electron chi connectivity index (χ1n) is 7.56. The summed E-state index contributed by atoms with van der Waals surface area (Å²) in [5.41, 5.74) is 5.78. The SMILES string of the molecule is CC(C)(C)c1nc(N)cc(NCCCN2CCCC2)n1. The number of hydrogen-bond donors (Lipinski definition) is 2. The van der Waals surface area contributed by atoms with Crippen molar-refractivity contribution in [1.29, 1.82) is 0 Å². The minimum Gasteiger partial charge on any atom is -0.384 e. The summed E-state index contributed by atoms with van der Waals surface area (Å²) < 4.78 is 0. The number of rotatable bonds is 5. The summed E-state index contributed by atoms with van der Waals surface area (Å²) in [7, 11) is 0. The van der Waals surface area contributed by atoms with E-state index in [4.69, 9.17) is 5.73 Å². The lowest BCUT2D eigenvalue weighted by atomic mass is 9.96. The number of anilines is 2. The fourth-order valence-corrected chi connectivity index (χ4v) is 2.42.